The molecule has 3 heterocycles. The van der Waals surface area contributed by atoms with Crippen LogP contribution in [0.2, 0.25) is 0 Å². The smallest absolute Gasteiger partial charge is 0.264 e. The molecule has 0 spiro atoms. The van der Waals surface area contributed by atoms with Gasteiger partial charge < -0.3 is 4.90 Å². The molecule has 1 aromatic carbocycles. The first-order valence-electron chi connectivity index (χ1n) is 10.0. The number of likely N-dealkylation sites (tertiary alicyclic amines) is 1. The lowest BCUT2D eigenvalue weighted by Crippen LogP contribution is -2.54. The zero-order valence-electron chi connectivity index (χ0n) is 16.5. The van der Waals surface area contributed by atoms with Crippen molar-refractivity contribution in [3.05, 3.63) is 57.8 Å². The van der Waals surface area contributed by atoms with Crippen LogP contribution in [0.25, 0.3) is 0 Å². The number of hydrogen-bond donors (Lipinski definition) is 0. The van der Waals surface area contributed by atoms with Gasteiger partial charge in [0.15, 0.2) is 0 Å². The Bertz CT molecular complexity index is 835. The van der Waals surface area contributed by atoms with Crippen molar-refractivity contribution in [1.82, 2.24) is 14.7 Å². The molecule has 2 fully saturated rings. The summed E-state index contributed by atoms with van der Waals surface area (Å²) in [5.41, 5.74) is 1.96. The van der Waals surface area contributed by atoms with Gasteiger partial charge in [-0.25, -0.2) is 0 Å². The Kier molecular flexibility index (Phi) is 7.68. The van der Waals surface area contributed by atoms with E-state index in [1.165, 1.54) is 29.7 Å². The van der Waals surface area contributed by atoms with Gasteiger partial charge in [-0.05, 0) is 55.1 Å². The van der Waals surface area contributed by atoms with Crippen LogP contribution in [0, 0.1) is 11.3 Å². The van der Waals surface area contributed by atoms with Gasteiger partial charge in [0.25, 0.3) is 5.91 Å². The minimum Gasteiger partial charge on any atom is -0.335 e. The quantitative estimate of drug-likeness (QED) is 0.745. The van der Waals surface area contributed by atoms with E-state index in [0.29, 0.717) is 6.04 Å². The number of nitrogens with zero attached hydrogens (tertiary/aromatic N) is 4. The summed E-state index contributed by atoms with van der Waals surface area (Å²) in [5.74, 6) is 0.184. The molecule has 0 aliphatic carbocycles. The van der Waals surface area contributed by atoms with Gasteiger partial charge in [0.2, 0.25) is 0 Å². The van der Waals surface area contributed by atoms with Crippen LogP contribution in [0.3, 0.4) is 0 Å². The Balaban J connectivity index is 0.00000240. The number of carbonyl (C=O) groups is 1. The van der Waals surface area contributed by atoms with Crippen molar-refractivity contribution in [3.63, 3.8) is 0 Å². The molecule has 0 N–H and O–H groups in total. The Hall–Kier alpha value is -1.91. The molecule has 1 aromatic heterocycles. The van der Waals surface area contributed by atoms with Crippen molar-refractivity contribution < 1.29 is 4.79 Å². The first-order valence-corrected chi connectivity index (χ1v) is 10.9. The van der Waals surface area contributed by atoms with E-state index in [-0.39, 0.29) is 18.3 Å². The van der Waals surface area contributed by atoms with Crippen LogP contribution in [0.4, 0.5) is 0 Å². The molecule has 7 heteroatoms. The Labute approximate surface area is 182 Å². The van der Waals surface area contributed by atoms with Crippen molar-refractivity contribution in [2.45, 2.75) is 25.4 Å². The number of carbonyl (C=O) groups excluding carboxylic acids is 1. The fourth-order valence-corrected chi connectivity index (χ4v) is 4.98. The average Bonchev–Trinajstić information content (AvgIpc) is 3.29. The first-order chi connectivity index (χ1) is 13.7. The summed E-state index contributed by atoms with van der Waals surface area (Å²) in [5, 5.41) is 11.0. The largest absolute Gasteiger partial charge is 0.335 e. The molecule has 0 radical (unpaired) electrons. The predicted molar refractivity (Wildman–Crippen MR) is 118 cm³/mol. The van der Waals surface area contributed by atoms with E-state index in [0.717, 1.165) is 56.3 Å². The number of hydrogen-bond acceptors (Lipinski definition) is 5. The molecule has 2 aliphatic heterocycles. The van der Waals surface area contributed by atoms with Crippen molar-refractivity contribution in [2.75, 3.05) is 39.3 Å². The molecule has 0 atom stereocenters. The lowest BCUT2D eigenvalue weighted by atomic mass is 10.0. The van der Waals surface area contributed by atoms with E-state index >= 15 is 0 Å². The molecule has 0 bridgehead atoms. The predicted octanol–water partition coefficient (Wildman–Crippen LogP) is 3.46. The van der Waals surface area contributed by atoms with Crippen LogP contribution in [-0.2, 0) is 6.54 Å². The maximum absolute atomic E-state index is 12.5. The summed E-state index contributed by atoms with van der Waals surface area (Å²) in [6.07, 6.45) is 2.35. The second kappa shape index (κ2) is 10.2. The molecular formula is C22H27ClN4OS. The standard InChI is InChI=1S/C22H26N4OS.ClH/c23-16-18-3-1-4-19(15-18)17-24-8-6-20(7-9-24)25-10-12-26(13-11-25)22(27)21-5-2-14-28-21;/h1-5,14-15,20H,6-13,17H2;1H. The van der Waals surface area contributed by atoms with Crippen LogP contribution in [0.15, 0.2) is 41.8 Å². The highest BCUT2D eigenvalue weighted by Gasteiger charge is 2.29. The molecule has 29 heavy (non-hydrogen) atoms. The minimum absolute atomic E-state index is 0. The lowest BCUT2D eigenvalue weighted by Gasteiger charge is -2.42. The highest BCUT2D eigenvalue weighted by atomic mass is 35.5. The van der Waals surface area contributed by atoms with E-state index in [1.807, 2.05) is 40.6 Å². The topological polar surface area (TPSA) is 50.6 Å². The SMILES string of the molecule is Cl.N#Cc1cccc(CN2CCC(N3CCN(C(=O)c4cccs4)CC3)CC2)c1. The number of piperidine rings is 1. The van der Waals surface area contributed by atoms with Crippen LogP contribution >= 0.6 is 23.7 Å². The molecule has 2 aliphatic rings. The van der Waals surface area contributed by atoms with Crippen molar-refractivity contribution >= 4 is 29.7 Å². The van der Waals surface area contributed by atoms with Crippen LogP contribution in [0.1, 0.15) is 33.6 Å². The average molecular weight is 431 g/mol. The third-order valence-corrected chi connectivity index (χ3v) is 6.73. The second-order valence-corrected chi connectivity index (χ2v) is 8.57. The number of nitriles is 1. The summed E-state index contributed by atoms with van der Waals surface area (Å²) in [6.45, 7) is 6.73. The molecule has 2 aromatic rings. The summed E-state index contributed by atoms with van der Waals surface area (Å²) in [4.78, 5) is 20.4. The van der Waals surface area contributed by atoms with E-state index in [9.17, 15) is 4.79 Å². The number of benzene rings is 1. The van der Waals surface area contributed by atoms with Gasteiger partial charge in [-0.2, -0.15) is 5.26 Å². The first kappa shape index (κ1) is 21.8. The summed E-state index contributed by atoms with van der Waals surface area (Å²) in [6, 6.07) is 14.6. The van der Waals surface area contributed by atoms with Crippen molar-refractivity contribution in [3.8, 4) is 6.07 Å². The van der Waals surface area contributed by atoms with Crippen LogP contribution < -0.4 is 0 Å². The number of piperazine rings is 1. The van der Waals surface area contributed by atoms with Gasteiger partial charge in [0, 0.05) is 38.8 Å². The maximum atomic E-state index is 12.5. The van der Waals surface area contributed by atoms with Gasteiger partial charge in [0.1, 0.15) is 0 Å². The molecule has 0 saturated carbocycles. The van der Waals surface area contributed by atoms with Crippen molar-refractivity contribution in [2.24, 2.45) is 0 Å². The molecular weight excluding hydrogens is 404 g/mol. The number of amides is 1. The highest BCUT2D eigenvalue weighted by Crippen LogP contribution is 2.21. The van der Waals surface area contributed by atoms with Crippen LogP contribution in [-0.4, -0.2) is 65.9 Å². The van der Waals surface area contributed by atoms with E-state index in [2.05, 4.69) is 21.9 Å². The van der Waals surface area contributed by atoms with Crippen LogP contribution in [0.5, 0.6) is 0 Å². The molecule has 4 rings (SSSR count). The number of halogens is 1. The number of rotatable bonds is 4. The van der Waals surface area contributed by atoms with Gasteiger partial charge in [0.05, 0.1) is 16.5 Å². The summed E-state index contributed by atoms with van der Waals surface area (Å²) >= 11 is 1.53. The maximum Gasteiger partial charge on any atom is 0.264 e. The van der Waals surface area contributed by atoms with Gasteiger partial charge in [-0.3, -0.25) is 14.6 Å². The van der Waals surface area contributed by atoms with Gasteiger partial charge >= 0.3 is 0 Å². The zero-order valence-corrected chi connectivity index (χ0v) is 18.1. The van der Waals surface area contributed by atoms with Gasteiger partial charge in [-0.15, -0.1) is 23.7 Å². The Morgan fingerprint density at radius 3 is 2.48 bits per heavy atom. The zero-order chi connectivity index (χ0) is 19.3. The fourth-order valence-electron chi connectivity index (χ4n) is 4.29. The van der Waals surface area contributed by atoms with E-state index in [4.69, 9.17) is 5.26 Å². The minimum atomic E-state index is 0. The van der Waals surface area contributed by atoms with Crippen molar-refractivity contribution in [1.29, 1.82) is 5.26 Å². The number of thiophene rings is 1. The highest BCUT2D eigenvalue weighted by molar-refractivity contribution is 7.12. The summed E-state index contributed by atoms with van der Waals surface area (Å²) in [7, 11) is 0. The third kappa shape index (κ3) is 5.37. The summed E-state index contributed by atoms with van der Waals surface area (Å²) < 4.78 is 0. The molecule has 0 unspecified atom stereocenters. The lowest BCUT2D eigenvalue weighted by molar-refractivity contribution is 0.0448. The van der Waals surface area contributed by atoms with E-state index in [1.54, 1.807) is 0 Å². The third-order valence-electron chi connectivity index (χ3n) is 5.87. The van der Waals surface area contributed by atoms with E-state index < -0.39 is 0 Å². The van der Waals surface area contributed by atoms with Gasteiger partial charge in [-0.1, -0.05) is 18.2 Å². The molecule has 1 amide bonds. The molecule has 154 valence electrons. The Morgan fingerprint density at radius 2 is 1.83 bits per heavy atom. The second-order valence-electron chi connectivity index (χ2n) is 7.62. The normalized spacial score (nSPS) is 18.8. The fraction of sp³-hybridized carbons (Fsp3) is 0.455. The Morgan fingerprint density at radius 1 is 1.07 bits per heavy atom. The monoisotopic (exact) mass is 430 g/mol. The molecule has 5 nitrogen and oxygen atoms in total. The molecule has 2 saturated heterocycles.